The van der Waals surface area contributed by atoms with Crippen molar-refractivity contribution in [3.8, 4) is 0 Å². The number of hydrogen-bond acceptors (Lipinski definition) is 2. The Morgan fingerprint density at radius 3 is 2.43 bits per heavy atom. The molecule has 40 valence electrons. The second-order valence-electron chi connectivity index (χ2n) is 1.28. The minimum atomic E-state index is -0.181. The molecule has 0 rings (SSSR count). The Kier molecular flexibility index (Phi) is 4.14. The van der Waals surface area contributed by atoms with Crippen LogP contribution in [0, 0.1) is 0 Å². The fourth-order valence-corrected chi connectivity index (χ4v) is 0.245. The highest BCUT2D eigenvalue weighted by Gasteiger charge is 1.97. The van der Waals surface area contributed by atoms with Crippen LogP contribution >= 0.6 is 0 Å². The predicted molar refractivity (Wildman–Crippen MR) is 28.4 cm³/mol. The molecule has 0 aliphatic rings. The Bertz CT molecular complexity index is 31.2. The van der Waals surface area contributed by atoms with Crippen LogP contribution in [-0.2, 0) is 4.74 Å². The first-order valence-electron chi connectivity index (χ1n) is 2.18. The Morgan fingerprint density at radius 1 is 1.86 bits per heavy atom. The highest BCUT2D eigenvalue weighted by atomic mass is 16.5. The minimum absolute atomic E-state index is 0.00694. The van der Waals surface area contributed by atoms with E-state index in [9.17, 15) is 0 Å². The summed E-state index contributed by atoms with van der Waals surface area (Å²) in [5, 5.41) is 8.32. The van der Waals surface area contributed by atoms with Gasteiger partial charge in [-0.1, -0.05) is 6.32 Å². The zero-order valence-electron chi connectivity index (χ0n) is 4.42. The van der Waals surface area contributed by atoms with Gasteiger partial charge in [-0.05, 0) is 0 Å². The number of aliphatic hydroxyl groups excluding tert-OH is 1. The molecular weight excluding hydrogens is 90.9 g/mol. The van der Waals surface area contributed by atoms with Crippen LogP contribution in [0.15, 0.2) is 0 Å². The third kappa shape index (κ3) is 2.65. The molecule has 0 aromatic rings. The van der Waals surface area contributed by atoms with Gasteiger partial charge in [0.1, 0.15) is 0 Å². The average Bonchev–Trinajstić information content (AvgIpc) is 1.72. The molecule has 2 nitrogen and oxygen atoms in total. The van der Waals surface area contributed by atoms with E-state index >= 15 is 0 Å². The molecule has 0 aliphatic carbocycles. The van der Waals surface area contributed by atoms with Gasteiger partial charge in [0.15, 0.2) is 0 Å². The smallest absolute Gasteiger partial charge is 0.0725 e. The van der Waals surface area contributed by atoms with E-state index in [1.54, 1.807) is 0 Å². The van der Waals surface area contributed by atoms with Crippen molar-refractivity contribution in [2.45, 2.75) is 12.4 Å². The number of methoxy groups -OCH3 is 1. The van der Waals surface area contributed by atoms with E-state index < -0.39 is 0 Å². The average molecular weight is 99.9 g/mol. The van der Waals surface area contributed by atoms with Crippen LogP contribution in [-0.4, -0.2) is 32.8 Å². The lowest BCUT2D eigenvalue weighted by Crippen LogP contribution is -2.13. The summed E-state index contributed by atoms with van der Waals surface area (Å²) in [6, 6.07) is 0. The van der Waals surface area contributed by atoms with Gasteiger partial charge in [0.25, 0.3) is 0 Å². The van der Waals surface area contributed by atoms with Crippen LogP contribution < -0.4 is 0 Å². The van der Waals surface area contributed by atoms with Gasteiger partial charge in [0.05, 0.1) is 20.6 Å². The van der Waals surface area contributed by atoms with Gasteiger partial charge in [-0.2, -0.15) is 0 Å². The lowest BCUT2D eigenvalue weighted by molar-refractivity contribution is 0.0628. The summed E-state index contributed by atoms with van der Waals surface area (Å²) in [5.74, 6) is 0. The van der Waals surface area contributed by atoms with Gasteiger partial charge < -0.3 is 9.84 Å². The standard InChI is InChI=1S/C4H9BO2/c1-7-4(2-5)3-6/h4,6H,2-3H2,1H3/t4-/m1/s1. The molecule has 0 saturated carbocycles. The second-order valence-corrected chi connectivity index (χ2v) is 1.28. The van der Waals surface area contributed by atoms with E-state index in [4.69, 9.17) is 13.0 Å². The van der Waals surface area contributed by atoms with Crippen LogP contribution in [0.4, 0.5) is 0 Å². The zero-order chi connectivity index (χ0) is 5.70. The van der Waals surface area contributed by atoms with Crippen molar-refractivity contribution < 1.29 is 9.84 Å². The molecule has 0 amide bonds. The Hall–Kier alpha value is -0.0151. The molecule has 0 unspecified atom stereocenters. The Morgan fingerprint density at radius 2 is 2.43 bits per heavy atom. The topological polar surface area (TPSA) is 29.5 Å². The van der Waals surface area contributed by atoms with Gasteiger partial charge in [-0.25, -0.2) is 0 Å². The summed E-state index contributed by atoms with van der Waals surface area (Å²) >= 11 is 0. The number of hydrogen-bond donors (Lipinski definition) is 1. The number of rotatable bonds is 3. The maximum Gasteiger partial charge on any atom is 0.0725 e. The van der Waals surface area contributed by atoms with Crippen molar-refractivity contribution in [1.82, 2.24) is 0 Å². The summed E-state index contributed by atoms with van der Waals surface area (Å²) in [6.45, 7) is 0.00694. The summed E-state index contributed by atoms with van der Waals surface area (Å²) in [4.78, 5) is 0. The lowest BCUT2D eigenvalue weighted by Gasteiger charge is -2.06. The highest BCUT2D eigenvalue weighted by molar-refractivity contribution is 6.08. The maximum absolute atomic E-state index is 8.32. The summed E-state index contributed by atoms with van der Waals surface area (Å²) in [6.07, 6.45) is 0.201. The molecule has 1 N–H and O–H groups in total. The van der Waals surface area contributed by atoms with Crippen LogP contribution in [0.1, 0.15) is 0 Å². The number of aliphatic hydroxyl groups is 1. The molecule has 1 atom stereocenters. The van der Waals surface area contributed by atoms with Gasteiger partial charge in [-0.15, -0.1) is 0 Å². The van der Waals surface area contributed by atoms with Crippen molar-refractivity contribution in [3.63, 3.8) is 0 Å². The van der Waals surface area contributed by atoms with E-state index in [1.807, 2.05) is 0 Å². The van der Waals surface area contributed by atoms with E-state index in [1.165, 1.54) is 7.11 Å². The minimum Gasteiger partial charge on any atom is -0.394 e. The quantitative estimate of drug-likeness (QED) is 0.488. The normalized spacial score (nSPS) is 14.0. The summed E-state index contributed by atoms with van der Waals surface area (Å²) < 4.78 is 4.67. The molecule has 0 saturated heterocycles. The van der Waals surface area contributed by atoms with Crippen molar-refractivity contribution in [3.05, 3.63) is 0 Å². The van der Waals surface area contributed by atoms with Gasteiger partial charge in [0, 0.05) is 7.11 Å². The molecule has 0 aromatic carbocycles. The van der Waals surface area contributed by atoms with Gasteiger partial charge >= 0.3 is 0 Å². The molecule has 3 heteroatoms. The van der Waals surface area contributed by atoms with E-state index in [-0.39, 0.29) is 12.7 Å². The molecule has 0 bridgehead atoms. The van der Waals surface area contributed by atoms with Crippen molar-refractivity contribution in [1.29, 1.82) is 0 Å². The zero-order valence-corrected chi connectivity index (χ0v) is 4.42. The third-order valence-electron chi connectivity index (χ3n) is 0.800. The fourth-order valence-electron chi connectivity index (χ4n) is 0.245. The van der Waals surface area contributed by atoms with E-state index in [2.05, 4.69) is 4.74 Å². The largest absolute Gasteiger partial charge is 0.394 e. The lowest BCUT2D eigenvalue weighted by atomic mass is 10.0. The van der Waals surface area contributed by atoms with Crippen LogP contribution in [0.3, 0.4) is 0 Å². The first kappa shape index (κ1) is 6.98. The number of ether oxygens (including phenoxy) is 1. The van der Waals surface area contributed by atoms with Gasteiger partial charge in [-0.3, -0.25) is 0 Å². The van der Waals surface area contributed by atoms with Crippen LogP contribution in [0.25, 0.3) is 0 Å². The molecular formula is C4H9BO2. The molecule has 0 aromatic heterocycles. The molecule has 0 aliphatic heterocycles. The molecule has 0 fully saturated rings. The van der Waals surface area contributed by atoms with Gasteiger partial charge in [0.2, 0.25) is 0 Å². The third-order valence-corrected chi connectivity index (χ3v) is 0.800. The molecule has 0 heterocycles. The molecule has 0 spiro atoms. The molecule has 7 heavy (non-hydrogen) atoms. The van der Waals surface area contributed by atoms with Crippen LogP contribution in [0.5, 0.6) is 0 Å². The predicted octanol–water partition coefficient (Wildman–Crippen LogP) is -0.419. The van der Waals surface area contributed by atoms with Crippen LogP contribution in [0.2, 0.25) is 6.32 Å². The summed E-state index contributed by atoms with van der Waals surface area (Å²) in [5.41, 5.74) is 0. The van der Waals surface area contributed by atoms with Crippen molar-refractivity contribution in [2.24, 2.45) is 0 Å². The fraction of sp³-hybridized carbons (Fsp3) is 1.00. The maximum atomic E-state index is 8.32. The highest BCUT2D eigenvalue weighted by Crippen LogP contribution is 1.89. The first-order valence-corrected chi connectivity index (χ1v) is 2.18. The van der Waals surface area contributed by atoms with Crippen molar-refractivity contribution >= 4 is 7.85 Å². The van der Waals surface area contributed by atoms with Crippen molar-refractivity contribution in [2.75, 3.05) is 13.7 Å². The second kappa shape index (κ2) is 4.15. The van der Waals surface area contributed by atoms with E-state index in [0.29, 0.717) is 6.32 Å². The summed E-state index contributed by atoms with van der Waals surface area (Å²) in [7, 11) is 6.63. The molecule has 2 radical (unpaired) electrons. The SMILES string of the molecule is [B]C[C@H](CO)OC. The first-order chi connectivity index (χ1) is 3.35. The monoisotopic (exact) mass is 100 g/mol. The Labute approximate surface area is 44.9 Å². The van der Waals surface area contributed by atoms with E-state index in [0.717, 1.165) is 0 Å². The Balaban J connectivity index is 2.99.